The van der Waals surface area contributed by atoms with E-state index in [9.17, 15) is 9.90 Å². The summed E-state index contributed by atoms with van der Waals surface area (Å²) in [6.07, 6.45) is 4.83. The molecule has 1 unspecified atom stereocenters. The number of aromatic nitrogens is 1. The quantitative estimate of drug-likeness (QED) is 0.824. The SMILES string of the molecule is CCC(CC)C(C)NC(=O)c1ccncc1O. The molecule has 0 spiro atoms. The van der Waals surface area contributed by atoms with E-state index < -0.39 is 0 Å². The highest BCUT2D eigenvalue weighted by Gasteiger charge is 2.18. The van der Waals surface area contributed by atoms with Crippen molar-refractivity contribution < 1.29 is 9.90 Å². The third-order valence-corrected chi connectivity index (χ3v) is 3.16. The van der Waals surface area contributed by atoms with Gasteiger partial charge in [0, 0.05) is 12.2 Å². The van der Waals surface area contributed by atoms with Crippen LogP contribution >= 0.6 is 0 Å². The number of nitrogens with one attached hydrogen (secondary N) is 1. The van der Waals surface area contributed by atoms with Crippen LogP contribution in [0.4, 0.5) is 0 Å². The van der Waals surface area contributed by atoms with Gasteiger partial charge in [0.05, 0.1) is 11.8 Å². The molecule has 1 heterocycles. The van der Waals surface area contributed by atoms with E-state index in [0.717, 1.165) is 12.8 Å². The van der Waals surface area contributed by atoms with Gasteiger partial charge in [-0.1, -0.05) is 26.7 Å². The third-order valence-electron chi connectivity index (χ3n) is 3.16. The first kappa shape index (κ1) is 13.5. The predicted octanol–water partition coefficient (Wildman–Crippen LogP) is 2.34. The number of hydrogen-bond donors (Lipinski definition) is 2. The Kier molecular flexibility index (Phi) is 4.94. The van der Waals surface area contributed by atoms with Gasteiger partial charge >= 0.3 is 0 Å². The summed E-state index contributed by atoms with van der Waals surface area (Å²) in [5.41, 5.74) is 0.276. The molecule has 0 aliphatic heterocycles. The van der Waals surface area contributed by atoms with Crippen molar-refractivity contribution in [2.75, 3.05) is 0 Å². The van der Waals surface area contributed by atoms with E-state index in [1.54, 1.807) is 0 Å². The van der Waals surface area contributed by atoms with Gasteiger partial charge < -0.3 is 10.4 Å². The van der Waals surface area contributed by atoms with Crippen molar-refractivity contribution in [1.82, 2.24) is 10.3 Å². The van der Waals surface area contributed by atoms with Crippen LogP contribution in [-0.2, 0) is 0 Å². The zero-order valence-corrected chi connectivity index (χ0v) is 10.6. The van der Waals surface area contributed by atoms with E-state index in [-0.39, 0.29) is 23.3 Å². The predicted molar refractivity (Wildman–Crippen MR) is 66.9 cm³/mol. The summed E-state index contributed by atoms with van der Waals surface area (Å²) in [5, 5.41) is 12.4. The van der Waals surface area contributed by atoms with Gasteiger partial charge in [0.2, 0.25) is 0 Å². The minimum absolute atomic E-state index is 0.0817. The van der Waals surface area contributed by atoms with E-state index >= 15 is 0 Å². The number of nitrogens with zero attached hydrogens (tertiary/aromatic N) is 1. The fraction of sp³-hybridized carbons (Fsp3) is 0.538. The van der Waals surface area contributed by atoms with Crippen LogP contribution in [0.3, 0.4) is 0 Å². The monoisotopic (exact) mass is 236 g/mol. The van der Waals surface area contributed by atoms with Gasteiger partial charge in [0.15, 0.2) is 0 Å². The van der Waals surface area contributed by atoms with Crippen molar-refractivity contribution in [2.24, 2.45) is 5.92 Å². The van der Waals surface area contributed by atoms with Gasteiger partial charge in [0.1, 0.15) is 5.75 Å². The first-order valence-electron chi connectivity index (χ1n) is 6.03. The second kappa shape index (κ2) is 6.23. The number of rotatable bonds is 5. The maximum atomic E-state index is 11.9. The molecule has 1 amide bonds. The Morgan fingerprint density at radius 1 is 1.47 bits per heavy atom. The van der Waals surface area contributed by atoms with Crippen LogP contribution in [0.1, 0.15) is 44.0 Å². The Balaban J connectivity index is 2.70. The van der Waals surface area contributed by atoms with Gasteiger partial charge in [-0.2, -0.15) is 0 Å². The molecule has 0 bridgehead atoms. The lowest BCUT2D eigenvalue weighted by Crippen LogP contribution is -2.37. The van der Waals surface area contributed by atoms with Crippen molar-refractivity contribution >= 4 is 5.91 Å². The normalized spacial score (nSPS) is 12.5. The molecular formula is C13H20N2O2. The molecule has 1 aromatic heterocycles. The minimum Gasteiger partial charge on any atom is -0.505 e. The van der Waals surface area contributed by atoms with Crippen molar-refractivity contribution in [3.8, 4) is 5.75 Å². The molecule has 0 radical (unpaired) electrons. The third kappa shape index (κ3) is 3.44. The molecule has 0 saturated carbocycles. The van der Waals surface area contributed by atoms with Crippen molar-refractivity contribution in [3.05, 3.63) is 24.0 Å². The lowest BCUT2D eigenvalue weighted by atomic mass is 9.95. The Bertz CT molecular complexity index is 375. The standard InChI is InChI=1S/C13H20N2O2/c1-4-10(5-2)9(3)15-13(17)11-6-7-14-8-12(11)16/h6-10,16H,4-5H2,1-3H3,(H,15,17). The Hall–Kier alpha value is -1.58. The van der Waals surface area contributed by atoms with E-state index in [1.807, 2.05) is 6.92 Å². The Morgan fingerprint density at radius 3 is 2.65 bits per heavy atom. The number of aromatic hydroxyl groups is 1. The van der Waals surface area contributed by atoms with Crippen LogP contribution in [0, 0.1) is 5.92 Å². The summed E-state index contributed by atoms with van der Waals surface area (Å²) >= 11 is 0. The summed E-state index contributed by atoms with van der Waals surface area (Å²) in [7, 11) is 0. The number of carbonyl (C=O) groups excluding carboxylic acids is 1. The summed E-state index contributed by atoms with van der Waals surface area (Å²) < 4.78 is 0. The van der Waals surface area contributed by atoms with E-state index in [2.05, 4.69) is 24.1 Å². The Labute approximate surface area is 102 Å². The van der Waals surface area contributed by atoms with Crippen LogP contribution in [0.25, 0.3) is 0 Å². The van der Waals surface area contributed by atoms with Crippen molar-refractivity contribution in [1.29, 1.82) is 0 Å². The summed E-state index contributed by atoms with van der Waals surface area (Å²) in [6.45, 7) is 6.22. The first-order chi connectivity index (χ1) is 8.10. The van der Waals surface area contributed by atoms with E-state index in [0.29, 0.717) is 5.92 Å². The first-order valence-corrected chi connectivity index (χ1v) is 6.03. The minimum atomic E-state index is -0.246. The molecule has 0 aromatic carbocycles. The van der Waals surface area contributed by atoms with Crippen LogP contribution in [0.15, 0.2) is 18.5 Å². The lowest BCUT2D eigenvalue weighted by molar-refractivity contribution is 0.0922. The van der Waals surface area contributed by atoms with Crippen molar-refractivity contribution in [2.45, 2.75) is 39.7 Å². The molecule has 4 nitrogen and oxygen atoms in total. The molecule has 0 aliphatic rings. The van der Waals surface area contributed by atoms with Crippen LogP contribution in [-0.4, -0.2) is 22.0 Å². The second-order valence-corrected chi connectivity index (χ2v) is 4.23. The number of hydrogen-bond acceptors (Lipinski definition) is 3. The second-order valence-electron chi connectivity index (χ2n) is 4.23. The highest BCUT2D eigenvalue weighted by Crippen LogP contribution is 2.16. The van der Waals surface area contributed by atoms with Gasteiger partial charge in [-0.25, -0.2) is 0 Å². The maximum absolute atomic E-state index is 11.9. The summed E-state index contributed by atoms with van der Waals surface area (Å²) in [4.78, 5) is 15.7. The fourth-order valence-electron chi connectivity index (χ4n) is 1.98. The van der Waals surface area contributed by atoms with Crippen LogP contribution in [0.5, 0.6) is 5.75 Å². The summed E-state index contributed by atoms with van der Waals surface area (Å²) in [6, 6.07) is 1.62. The molecule has 0 fully saturated rings. The molecule has 1 atom stereocenters. The topological polar surface area (TPSA) is 62.2 Å². The molecular weight excluding hydrogens is 216 g/mol. The molecule has 17 heavy (non-hydrogen) atoms. The van der Waals surface area contributed by atoms with Gasteiger partial charge in [0.25, 0.3) is 5.91 Å². The molecule has 2 N–H and O–H groups in total. The van der Waals surface area contributed by atoms with Crippen LogP contribution in [0.2, 0.25) is 0 Å². The van der Waals surface area contributed by atoms with Gasteiger partial charge in [-0.05, 0) is 18.9 Å². The van der Waals surface area contributed by atoms with E-state index in [4.69, 9.17) is 0 Å². The zero-order valence-electron chi connectivity index (χ0n) is 10.6. The highest BCUT2D eigenvalue weighted by molar-refractivity contribution is 5.96. The molecule has 1 aromatic rings. The number of amides is 1. The lowest BCUT2D eigenvalue weighted by Gasteiger charge is -2.22. The van der Waals surface area contributed by atoms with Gasteiger partial charge in [-0.15, -0.1) is 0 Å². The van der Waals surface area contributed by atoms with Crippen molar-refractivity contribution in [3.63, 3.8) is 0 Å². The van der Waals surface area contributed by atoms with E-state index in [1.165, 1.54) is 18.5 Å². The average molecular weight is 236 g/mol. The molecule has 0 saturated heterocycles. The molecule has 1 rings (SSSR count). The molecule has 0 aliphatic carbocycles. The number of carbonyl (C=O) groups is 1. The summed E-state index contributed by atoms with van der Waals surface area (Å²) in [5.74, 6) is 0.133. The molecule has 4 heteroatoms. The average Bonchev–Trinajstić information content (AvgIpc) is 2.31. The zero-order chi connectivity index (χ0) is 12.8. The maximum Gasteiger partial charge on any atom is 0.255 e. The Morgan fingerprint density at radius 2 is 2.12 bits per heavy atom. The molecule has 94 valence electrons. The smallest absolute Gasteiger partial charge is 0.255 e. The highest BCUT2D eigenvalue weighted by atomic mass is 16.3. The largest absolute Gasteiger partial charge is 0.505 e. The van der Waals surface area contributed by atoms with Crippen LogP contribution < -0.4 is 5.32 Å². The number of pyridine rings is 1. The van der Waals surface area contributed by atoms with Gasteiger partial charge in [-0.3, -0.25) is 9.78 Å². The fourth-order valence-corrected chi connectivity index (χ4v) is 1.98.